The minimum Gasteiger partial charge on any atom is -0.444 e. The second-order valence-electron chi connectivity index (χ2n) is 6.55. The van der Waals surface area contributed by atoms with Crippen LogP contribution in [0.4, 0.5) is 4.79 Å². The highest BCUT2D eigenvalue weighted by Gasteiger charge is 2.19. The Morgan fingerprint density at radius 3 is 2.57 bits per heavy atom. The molecule has 0 aliphatic heterocycles. The summed E-state index contributed by atoms with van der Waals surface area (Å²) in [4.78, 5) is 11.8. The zero-order valence-electron chi connectivity index (χ0n) is 14.4. The van der Waals surface area contributed by atoms with Crippen LogP contribution in [0.2, 0.25) is 5.02 Å². The van der Waals surface area contributed by atoms with Crippen LogP contribution in [0.25, 0.3) is 0 Å². The molecule has 0 aromatic heterocycles. The molecular formula is C17H26BrClN2O2. The fourth-order valence-electron chi connectivity index (χ4n) is 2.05. The average Bonchev–Trinajstić information content (AvgIpc) is 2.41. The number of rotatable bonds is 6. The van der Waals surface area contributed by atoms with E-state index in [1.54, 1.807) is 0 Å². The molecule has 2 N–H and O–H groups in total. The summed E-state index contributed by atoms with van der Waals surface area (Å²) in [5, 5.41) is 7.01. The molecule has 0 aliphatic carbocycles. The Morgan fingerprint density at radius 1 is 1.39 bits per heavy atom. The molecule has 0 saturated carbocycles. The Kier molecular flexibility index (Phi) is 7.84. The van der Waals surface area contributed by atoms with Crippen LogP contribution in [-0.4, -0.2) is 24.3 Å². The quantitative estimate of drug-likeness (QED) is 0.695. The van der Waals surface area contributed by atoms with Gasteiger partial charge in [-0.25, -0.2) is 4.79 Å². The molecule has 0 radical (unpaired) electrons. The van der Waals surface area contributed by atoms with Gasteiger partial charge in [-0.2, -0.15) is 0 Å². The van der Waals surface area contributed by atoms with Crippen LogP contribution >= 0.6 is 27.5 Å². The summed E-state index contributed by atoms with van der Waals surface area (Å²) >= 11 is 9.67. The zero-order chi connectivity index (χ0) is 17.6. The number of alkyl carbamates (subject to hydrolysis) is 1. The number of amides is 1. The SMILES string of the molecule is CCC(CNC(C)c1ccc(Br)cc1Cl)NC(=O)OC(C)(C)C. The standard InChI is InChI=1S/C17H26BrClN2O2/c1-6-13(21-16(22)23-17(3,4)5)10-20-11(2)14-8-7-12(18)9-15(14)19/h7-9,11,13,20H,6,10H2,1-5H3,(H,21,22). The van der Waals surface area contributed by atoms with E-state index in [0.29, 0.717) is 11.6 Å². The lowest BCUT2D eigenvalue weighted by Crippen LogP contribution is -2.44. The van der Waals surface area contributed by atoms with Crippen LogP contribution in [0.15, 0.2) is 22.7 Å². The summed E-state index contributed by atoms with van der Waals surface area (Å²) in [7, 11) is 0. The number of hydrogen-bond donors (Lipinski definition) is 2. The first-order valence-electron chi connectivity index (χ1n) is 7.80. The van der Waals surface area contributed by atoms with Crippen molar-refractivity contribution in [1.29, 1.82) is 0 Å². The van der Waals surface area contributed by atoms with Crippen LogP contribution in [-0.2, 0) is 4.74 Å². The molecule has 1 rings (SSSR count). The van der Waals surface area contributed by atoms with Gasteiger partial charge in [0.05, 0.1) is 0 Å². The molecule has 0 spiro atoms. The molecule has 0 bridgehead atoms. The fourth-order valence-corrected chi connectivity index (χ4v) is 2.89. The molecule has 2 atom stereocenters. The maximum Gasteiger partial charge on any atom is 0.407 e. The second kappa shape index (κ2) is 8.90. The van der Waals surface area contributed by atoms with E-state index in [4.69, 9.17) is 16.3 Å². The number of ether oxygens (including phenoxy) is 1. The summed E-state index contributed by atoms with van der Waals surface area (Å²) in [6.07, 6.45) is 0.424. The minimum atomic E-state index is -0.492. The van der Waals surface area contributed by atoms with Gasteiger partial charge in [-0.3, -0.25) is 0 Å². The topological polar surface area (TPSA) is 50.4 Å². The number of carbonyl (C=O) groups excluding carboxylic acids is 1. The molecule has 0 fully saturated rings. The molecule has 0 heterocycles. The van der Waals surface area contributed by atoms with Crippen molar-refractivity contribution in [3.05, 3.63) is 33.3 Å². The van der Waals surface area contributed by atoms with Gasteiger partial charge in [0.1, 0.15) is 5.60 Å². The van der Waals surface area contributed by atoms with Crippen LogP contribution in [0, 0.1) is 0 Å². The van der Waals surface area contributed by atoms with Crippen molar-refractivity contribution >= 4 is 33.6 Å². The molecule has 130 valence electrons. The second-order valence-corrected chi connectivity index (χ2v) is 7.87. The molecule has 0 saturated heterocycles. The van der Waals surface area contributed by atoms with Gasteiger partial charge in [0.25, 0.3) is 0 Å². The molecule has 1 aromatic rings. The van der Waals surface area contributed by atoms with Gasteiger partial charge < -0.3 is 15.4 Å². The van der Waals surface area contributed by atoms with Gasteiger partial charge in [-0.15, -0.1) is 0 Å². The van der Waals surface area contributed by atoms with E-state index < -0.39 is 5.60 Å². The Bertz CT molecular complexity index is 532. The highest BCUT2D eigenvalue weighted by molar-refractivity contribution is 9.10. The van der Waals surface area contributed by atoms with Crippen molar-refractivity contribution in [2.75, 3.05) is 6.54 Å². The Balaban J connectivity index is 2.55. The van der Waals surface area contributed by atoms with E-state index in [1.165, 1.54) is 0 Å². The first-order chi connectivity index (χ1) is 10.6. The summed E-state index contributed by atoms with van der Waals surface area (Å²) in [6, 6.07) is 5.93. The Hall–Kier alpha value is -0.780. The van der Waals surface area contributed by atoms with Gasteiger partial charge in [-0.05, 0) is 51.8 Å². The summed E-state index contributed by atoms with van der Waals surface area (Å²) in [5.41, 5.74) is 0.538. The maximum absolute atomic E-state index is 11.8. The van der Waals surface area contributed by atoms with E-state index in [9.17, 15) is 4.79 Å². The highest BCUT2D eigenvalue weighted by atomic mass is 79.9. The number of hydrogen-bond acceptors (Lipinski definition) is 3. The normalized spacial score (nSPS) is 14.2. The average molecular weight is 406 g/mol. The largest absolute Gasteiger partial charge is 0.444 e. The molecular weight excluding hydrogens is 380 g/mol. The van der Waals surface area contributed by atoms with Crippen LogP contribution < -0.4 is 10.6 Å². The van der Waals surface area contributed by atoms with Crippen molar-refractivity contribution in [1.82, 2.24) is 10.6 Å². The van der Waals surface area contributed by atoms with E-state index in [2.05, 4.69) is 33.5 Å². The van der Waals surface area contributed by atoms with Crippen LogP contribution in [0.1, 0.15) is 52.6 Å². The van der Waals surface area contributed by atoms with Gasteiger partial charge in [0.2, 0.25) is 0 Å². The zero-order valence-corrected chi connectivity index (χ0v) is 16.7. The van der Waals surface area contributed by atoms with Crippen LogP contribution in [0.3, 0.4) is 0 Å². The first-order valence-corrected chi connectivity index (χ1v) is 8.97. The number of nitrogens with one attached hydrogen (secondary N) is 2. The number of benzene rings is 1. The molecule has 4 nitrogen and oxygen atoms in total. The monoisotopic (exact) mass is 404 g/mol. The predicted octanol–water partition coefficient (Wildman–Crippen LogP) is 5.06. The van der Waals surface area contributed by atoms with Gasteiger partial charge >= 0.3 is 6.09 Å². The lowest BCUT2D eigenvalue weighted by molar-refractivity contribution is 0.0502. The number of carbonyl (C=O) groups is 1. The molecule has 2 unspecified atom stereocenters. The summed E-state index contributed by atoms with van der Waals surface area (Å²) in [6.45, 7) is 10.3. The van der Waals surface area contributed by atoms with Crippen molar-refractivity contribution in [3.63, 3.8) is 0 Å². The fraction of sp³-hybridized carbons (Fsp3) is 0.588. The van der Waals surface area contributed by atoms with Crippen molar-refractivity contribution in [3.8, 4) is 0 Å². The lowest BCUT2D eigenvalue weighted by atomic mass is 10.1. The van der Waals surface area contributed by atoms with E-state index in [-0.39, 0.29) is 18.2 Å². The van der Waals surface area contributed by atoms with Crippen molar-refractivity contribution in [2.45, 2.75) is 58.7 Å². The minimum absolute atomic E-state index is 0.00141. The van der Waals surface area contributed by atoms with Gasteiger partial charge in [-0.1, -0.05) is 40.5 Å². The Labute approximate surface area is 152 Å². The predicted molar refractivity (Wildman–Crippen MR) is 99.0 cm³/mol. The third-order valence-corrected chi connectivity index (χ3v) is 4.13. The molecule has 0 aliphatic rings. The molecule has 1 amide bonds. The molecule has 1 aromatic carbocycles. The smallest absolute Gasteiger partial charge is 0.407 e. The number of halogens is 2. The van der Waals surface area contributed by atoms with Crippen LogP contribution in [0.5, 0.6) is 0 Å². The lowest BCUT2D eigenvalue weighted by Gasteiger charge is -2.24. The molecule has 6 heteroatoms. The van der Waals surface area contributed by atoms with E-state index in [1.807, 2.05) is 45.9 Å². The first kappa shape index (κ1) is 20.3. The third kappa shape index (κ3) is 7.55. The molecule has 23 heavy (non-hydrogen) atoms. The third-order valence-electron chi connectivity index (χ3n) is 3.31. The van der Waals surface area contributed by atoms with Gasteiger partial charge in [0, 0.05) is 28.1 Å². The van der Waals surface area contributed by atoms with E-state index in [0.717, 1.165) is 16.5 Å². The summed E-state index contributed by atoms with van der Waals surface area (Å²) < 4.78 is 6.24. The van der Waals surface area contributed by atoms with Crippen molar-refractivity contribution in [2.24, 2.45) is 0 Å². The maximum atomic E-state index is 11.8. The van der Waals surface area contributed by atoms with E-state index >= 15 is 0 Å². The highest BCUT2D eigenvalue weighted by Crippen LogP contribution is 2.26. The Morgan fingerprint density at radius 2 is 2.04 bits per heavy atom. The summed E-state index contributed by atoms with van der Waals surface area (Å²) in [5.74, 6) is 0. The van der Waals surface area contributed by atoms with Crippen molar-refractivity contribution < 1.29 is 9.53 Å². The van der Waals surface area contributed by atoms with Gasteiger partial charge in [0.15, 0.2) is 0 Å².